The third kappa shape index (κ3) is 5.75. The largest absolute Gasteiger partial charge is 0.492 e. The summed E-state index contributed by atoms with van der Waals surface area (Å²) >= 11 is 1.89. The van der Waals surface area contributed by atoms with Crippen molar-refractivity contribution in [2.45, 2.75) is 0 Å². The van der Waals surface area contributed by atoms with E-state index >= 15 is 0 Å². The van der Waals surface area contributed by atoms with Gasteiger partial charge in [-0.1, -0.05) is 6.07 Å². The van der Waals surface area contributed by atoms with Crippen LogP contribution in [-0.4, -0.2) is 32.9 Å². The second-order valence-electron chi connectivity index (χ2n) is 5.08. The molecule has 0 aliphatic heterocycles. The number of benzene rings is 2. The first-order chi connectivity index (χ1) is 11.2. The first-order valence-corrected chi connectivity index (χ1v) is 10.1. The number of amides is 1. The summed E-state index contributed by atoms with van der Waals surface area (Å²) in [6.07, 6.45) is 1.14. The molecule has 0 heterocycles. The van der Waals surface area contributed by atoms with Gasteiger partial charge in [0.05, 0.1) is 11.3 Å². The number of nitrogens with one attached hydrogen (secondary N) is 1. The molecule has 0 radical (unpaired) electrons. The van der Waals surface area contributed by atoms with E-state index in [1.165, 1.54) is 18.2 Å². The normalized spacial score (nSPS) is 11.1. The molecule has 0 saturated carbocycles. The lowest BCUT2D eigenvalue weighted by Gasteiger charge is -2.10. The van der Waals surface area contributed by atoms with E-state index in [0.717, 1.165) is 6.26 Å². The maximum atomic E-state index is 13.1. The molecule has 0 bridgehead atoms. The van der Waals surface area contributed by atoms with E-state index in [9.17, 15) is 17.6 Å². The van der Waals surface area contributed by atoms with Crippen molar-refractivity contribution in [1.29, 1.82) is 0 Å². The van der Waals surface area contributed by atoms with E-state index < -0.39 is 15.7 Å². The molecule has 0 aromatic heterocycles. The minimum atomic E-state index is -3.09. The van der Waals surface area contributed by atoms with Crippen LogP contribution in [0, 0.1) is 9.39 Å². The summed E-state index contributed by atoms with van der Waals surface area (Å²) in [4.78, 5) is 12.2. The van der Waals surface area contributed by atoms with Crippen LogP contribution < -0.4 is 10.1 Å². The Kier molecular flexibility index (Phi) is 6.16. The van der Waals surface area contributed by atoms with E-state index in [-0.39, 0.29) is 18.3 Å². The van der Waals surface area contributed by atoms with Crippen molar-refractivity contribution in [3.63, 3.8) is 0 Å². The fourth-order valence-corrected chi connectivity index (χ4v) is 2.95. The fraction of sp³-hybridized carbons (Fsp3) is 0.188. The van der Waals surface area contributed by atoms with E-state index in [4.69, 9.17) is 4.74 Å². The van der Waals surface area contributed by atoms with Gasteiger partial charge in [0.1, 0.15) is 18.2 Å². The average Bonchev–Trinajstić information content (AvgIpc) is 2.46. The Hall–Kier alpha value is -1.68. The average molecular weight is 463 g/mol. The molecule has 0 unspecified atom stereocenters. The second kappa shape index (κ2) is 7.93. The van der Waals surface area contributed by atoms with Crippen LogP contribution in [0.25, 0.3) is 0 Å². The van der Waals surface area contributed by atoms with Crippen LogP contribution in [0.15, 0.2) is 42.5 Å². The maximum Gasteiger partial charge on any atom is 0.256 e. The van der Waals surface area contributed by atoms with Crippen molar-refractivity contribution in [3.8, 4) is 5.75 Å². The lowest BCUT2D eigenvalue weighted by Crippen LogP contribution is -2.14. The zero-order valence-corrected chi connectivity index (χ0v) is 15.7. The smallest absolute Gasteiger partial charge is 0.256 e. The van der Waals surface area contributed by atoms with Crippen molar-refractivity contribution in [3.05, 3.63) is 57.4 Å². The Morgan fingerprint density at radius 3 is 2.67 bits per heavy atom. The Morgan fingerprint density at radius 2 is 2.00 bits per heavy atom. The minimum absolute atomic E-state index is 0.0338. The number of rotatable bonds is 6. The van der Waals surface area contributed by atoms with Crippen LogP contribution in [0.2, 0.25) is 0 Å². The van der Waals surface area contributed by atoms with Crippen LogP contribution in [0.1, 0.15) is 10.4 Å². The molecule has 2 aromatic carbocycles. The standard InChI is InChI=1S/C16H15FINO4S/c1-24(21,22)8-7-23-13-4-2-3-12(10-13)19-16(20)14-6-5-11(17)9-15(14)18/h2-6,9-10H,7-8H2,1H3,(H,19,20). The molecular weight excluding hydrogens is 448 g/mol. The molecule has 5 nitrogen and oxygen atoms in total. The monoisotopic (exact) mass is 463 g/mol. The summed E-state index contributed by atoms with van der Waals surface area (Å²) in [7, 11) is -3.09. The Morgan fingerprint density at radius 1 is 1.25 bits per heavy atom. The topological polar surface area (TPSA) is 72.5 Å². The first kappa shape index (κ1) is 18.7. The van der Waals surface area contributed by atoms with Crippen LogP contribution in [0.5, 0.6) is 5.75 Å². The molecule has 0 saturated heterocycles. The van der Waals surface area contributed by atoms with Gasteiger partial charge in [0.15, 0.2) is 9.84 Å². The molecule has 24 heavy (non-hydrogen) atoms. The highest BCUT2D eigenvalue weighted by Gasteiger charge is 2.11. The van der Waals surface area contributed by atoms with Gasteiger partial charge in [0, 0.05) is 21.6 Å². The lowest BCUT2D eigenvalue weighted by molar-refractivity contribution is 0.102. The fourth-order valence-electron chi connectivity index (χ4n) is 1.85. The molecule has 0 spiro atoms. The summed E-state index contributed by atoms with van der Waals surface area (Å²) in [6, 6.07) is 10.5. The maximum absolute atomic E-state index is 13.1. The minimum Gasteiger partial charge on any atom is -0.492 e. The highest BCUT2D eigenvalue weighted by atomic mass is 127. The van der Waals surface area contributed by atoms with E-state index in [0.29, 0.717) is 20.6 Å². The Labute approximate surface area is 153 Å². The highest BCUT2D eigenvalue weighted by molar-refractivity contribution is 14.1. The molecule has 128 valence electrons. The number of anilines is 1. The molecule has 0 aliphatic carbocycles. The van der Waals surface area contributed by atoms with Crippen LogP contribution >= 0.6 is 22.6 Å². The summed E-state index contributed by atoms with van der Waals surface area (Å²) in [5, 5.41) is 2.70. The molecule has 0 fully saturated rings. The molecule has 1 amide bonds. The van der Waals surface area contributed by atoms with Gasteiger partial charge in [0.25, 0.3) is 5.91 Å². The number of hydrogen-bond donors (Lipinski definition) is 1. The summed E-state index contributed by atoms with van der Waals surface area (Å²) in [6.45, 7) is 0.0338. The molecule has 2 aromatic rings. The Bertz CT molecular complexity index is 855. The number of hydrogen-bond acceptors (Lipinski definition) is 4. The summed E-state index contributed by atoms with van der Waals surface area (Å²) in [5.41, 5.74) is 0.859. The van der Waals surface area contributed by atoms with Crippen LogP contribution in [0.4, 0.5) is 10.1 Å². The third-order valence-electron chi connectivity index (χ3n) is 2.99. The van der Waals surface area contributed by atoms with Crippen LogP contribution in [0.3, 0.4) is 0 Å². The Balaban J connectivity index is 2.04. The van der Waals surface area contributed by atoms with Gasteiger partial charge in [-0.2, -0.15) is 0 Å². The quantitative estimate of drug-likeness (QED) is 0.669. The highest BCUT2D eigenvalue weighted by Crippen LogP contribution is 2.20. The number of sulfone groups is 1. The van der Waals surface area contributed by atoms with Crippen molar-refractivity contribution in [2.24, 2.45) is 0 Å². The van der Waals surface area contributed by atoms with Crippen LogP contribution in [-0.2, 0) is 9.84 Å². The lowest BCUT2D eigenvalue weighted by atomic mass is 10.2. The van der Waals surface area contributed by atoms with Crippen molar-refractivity contribution < 1.29 is 22.3 Å². The third-order valence-corrected chi connectivity index (χ3v) is 4.79. The number of carbonyl (C=O) groups is 1. The number of ether oxygens (including phenoxy) is 1. The number of carbonyl (C=O) groups excluding carboxylic acids is 1. The van der Waals surface area contributed by atoms with Gasteiger partial charge >= 0.3 is 0 Å². The van der Waals surface area contributed by atoms with Crippen molar-refractivity contribution >= 4 is 44.0 Å². The van der Waals surface area contributed by atoms with E-state index in [2.05, 4.69) is 5.32 Å². The van der Waals surface area contributed by atoms with Gasteiger partial charge in [0.2, 0.25) is 0 Å². The van der Waals surface area contributed by atoms with E-state index in [1.807, 2.05) is 22.6 Å². The molecule has 0 aliphatic rings. The van der Waals surface area contributed by atoms with Gasteiger partial charge in [-0.25, -0.2) is 12.8 Å². The molecule has 2 rings (SSSR count). The van der Waals surface area contributed by atoms with Crippen molar-refractivity contribution in [2.75, 3.05) is 23.9 Å². The second-order valence-corrected chi connectivity index (χ2v) is 8.51. The summed E-state index contributed by atoms with van der Waals surface area (Å²) < 4.78 is 41.1. The molecule has 8 heteroatoms. The molecular formula is C16H15FINO4S. The molecule has 1 N–H and O–H groups in total. The SMILES string of the molecule is CS(=O)(=O)CCOc1cccc(NC(=O)c2ccc(F)cc2I)c1. The first-order valence-electron chi connectivity index (χ1n) is 6.91. The number of halogens is 2. The molecule has 0 atom stereocenters. The zero-order valence-electron chi connectivity index (χ0n) is 12.8. The van der Waals surface area contributed by atoms with Gasteiger partial charge in [-0.05, 0) is 52.9 Å². The van der Waals surface area contributed by atoms with Gasteiger partial charge in [-0.15, -0.1) is 0 Å². The van der Waals surface area contributed by atoms with Gasteiger partial charge in [-0.3, -0.25) is 4.79 Å². The van der Waals surface area contributed by atoms with E-state index in [1.54, 1.807) is 24.3 Å². The summed E-state index contributed by atoms with van der Waals surface area (Å²) in [5.74, 6) is -0.410. The predicted octanol–water partition coefficient (Wildman–Crippen LogP) is 3.11. The van der Waals surface area contributed by atoms with Crippen molar-refractivity contribution in [1.82, 2.24) is 0 Å². The zero-order chi connectivity index (χ0) is 17.7. The predicted molar refractivity (Wildman–Crippen MR) is 98.7 cm³/mol. The van der Waals surface area contributed by atoms with Gasteiger partial charge < -0.3 is 10.1 Å².